The number of aromatic nitrogens is 1. The van der Waals surface area contributed by atoms with Gasteiger partial charge in [0, 0.05) is 31.5 Å². The SMILES string of the molecule is CN(Cc1ccccc1)C(CN)c1cccnc1. The molecule has 0 aliphatic rings. The second-order valence-corrected chi connectivity index (χ2v) is 4.44. The van der Waals surface area contributed by atoms with Crippen LogP contribution in [0.4, 0.5) is 0 Å². The molecule has 94 valence electrons. The van der Waals surface area contributed by atoms with E-state index in [1.807, 2.05) is 18.3 Å². The fraction of sp³-hybridized carbons (Fsp3) is 0.267. The first-order chi connectivity index (χ1) is 8.81. The summed E-state index contributed by atoms with van der Waals surface area (Å²) in [5.41, 5.74) is 8.35. The van der Waals surface area contributed by atoms with Crippen LogP contribution in [0.25, 0.3) is 0 Å². The van der Waals surface area contributed by atoms with E-state index in [1.165, 1.54) is 11.1 Å². The van der Waals surface area contributed by atoms with E-state index in [-0.39, 0.29) is 6.04 Å². The zero-order valence-corrected chi connectivity index (χ0v) is 10.7. The lowest BCUT2D eigenvalue weighted by molar-refractivity contribution is 0.241. The molecule has 0 amide bonds. The van der Waals surface area contributed by atoms with Crippen molar-refractivity contribution in [2.45, 2.75) is 12.6 Å². The molecule has 2 aromatic rings. The van der Waals surface area contributed by atoms with E-state index in [2.05, 4.69) is 47.3 Å². The van der Waals surface area contributed by atoms with Crippen molar-refractivity contribution in [2.24, 2.45) is 5.73 Å². The third-order valence-corrected chi connectivity index (χ3v) is 3.10. The minimum absolute atomic E-state index is 0.207. The number of benzene rings is 1. The standard InChI is InChI=1S/C15H19N3/c1-18(12-13-6-3-2-4-7-13)15(10-16)14-8-5-9-17-11-14/h2-9,11,15H,10,12,16H2,1H3. The molecule has 1 heterocycles. The Bertz CT molecular complexity index is 456. The molecule has 0 saturated carbocycles. The van der Waals surface area contributed by atoms with Crippen LogP contribution in [-0.2, 0) is 6.54 Å². The Balaban J connectivity index is 2.09. The van der Waals surface area contributed by atoms with Crippen LogP contribution in [0.2, 0.25) is 0 Å². The van der Waals surface area contributed by atoms with Crippen molar-refractivity contribution in [3.8, 4) is 0 Å². The molecule has 1 aromatic carbocycles. The van der Waals surface area contributed by atoms with Crippen LogP contribution in [0.3, 0.4) is 0 Å². The molecule has 0 spiro atoms. The van der Waals surface area contributed by atoms with Gasteiger partial charge in [0.05, 0.1) is 0 Å². The van der Waals surface area contributed by atoms with Crippen LogP contribution in [0.15, 0.2) is 54.9 Å². The number of rotatable bonds is 5. The maximum Gasteiger partial charge on any atom is 0.0486 e. The van der Waals surface area contributed by atoms with Gasteiger partial charge in [0.15, 0.2) is 0 Å². The predicted octanol–water partition coefficient (Wildman–Crippen LogP) is 2.21. The monoisotopic (exact) mass is 241 g/mol. The maximum absolute atomic E-state index is 5.89. The molecule has 0 aliphatic heterocycles. The van der Waals surface area contributed by atoms with Crippen molar-refractivity contribution in [1.82, 2.24) is 9.88 Å². The highest BCUT2D eigenvalue weighted by Gasteiger charge is 2.15. The number of hydrogen-bond donors (Lipinski definition) is 1. The molecule has 0 radical (unpaired) electrons. The van der Waals surface area contributed by atoms with E-state index in [9.17, 15) is 0 Å². The summed E-state index contributed by atoms with van der Waals surface area (Å²) >= 11 is 0. The zero-order chi connectivity index (χ0) is 12.8. The van der Waals surface area contributed by atoms with Crippen molar-refractivity contribution < 1.29 is 0 Å². The highest BCUT2D eigenvalue weighted by Crippen LogP contribution is 2.19. The van der Waals surface area contributed by atoms with Gasteiger partial charge in [0.1, 0.15) is 0 Å². The molecule has 1 unspecified atom stereocenters. The summed E-state index contributed by atoms with van der Waals surface area (Å²) in [5, 5.41) is 0. The minimum atomic E-state index is 0.207. The van der Waals surface area contributed by atoms with Gasteiger partial charge in [0.25, 0.3) is 0 Å². The fourth-order valence-corrected chi connectivity index (χ4v) is 2.13. The fourth-order valence-electron chi connectivity index (χ4n) is 2.13. The molecule has 2 rings (SSSR count). The van der Waals surface area contributed by atoms with Gasteiger partial charge in [0.2, 0.25) is 0 Å². The Labute approximate surface area is 108 Å². The first-order valence-corrected chi connectivity index (χ1v) is 6.15. The van der Waals surface area contributed by atoms with Crippen LogP contribution in [-0.4, -0.2) is 23.5 Å². The van der Waals surface area contributed by atoms with Gasteiger partial charge in [-0.15, -0.1) is 0 Å². The van der Waals surface area contributed by atoms with Crippen molar-refractivity contribution in [3.63, 3.8) is 0 Å². The van der Waals surface area contributed by atoms with E-state index < -0.39 is 0 Å². The average Bonchev–Trinajstić information content (AvgIpc) is 2.42. The Hall–Kier alpha value is -1.71. The summed E-state index contributed by atoms with van der Waals surface area (Å²) in [5.74, 6) is 0. The van der Waals surface area contributed by atoms with Gasteiger partial charge >= 0.3 is 0 Å². The van der Waals surface area contributed by atoms with E-state index >= 15 is 0 Å². The van der Waals surface area contributed by atoms with Crippen molar-refractivity contribution in [3.05, 3.63) is 66.0 Å². The summed E-state index contributed by atoms with van der Waals surface area (Å²) in [6.45, 7) is 1.48. The van der Waals surface area contributed by atoms with Gasteiger partial charge in [-0.05, 0) is 24.2 Å². The maximum atomic E-state index is 5.89. The van der Waals surface area contributed by atoms with Crippen LogP contribution in [0.5, 0.6) is 0 Å². The Morgan fingerprint density at radius 1 is 1.17 bits per heavy atom. The molecular formula is C15H19N3. The van der Waals surface area contributed by atoms with Gasteiger partial charge in [-0.3, -0.25) is 9.88 Å². The number of nitrogens with zero attached hydrogens (tertiary/aromatic N) is 2. The lowest BCUT2D eigenvalue weighted by Gasteiger charge is -2.27. The quantitative estimate of drug-likeness (QED) is 0.872. The average molecular weight is 241 g/mol. The summed E-state index contributed by atoms with van der Waals surface area (Å²) in [6.07, 6.45) is 3.67. The first kappa shape index (κ1) is 12.7. The summed E-state index contributed by atoms with van der Waals surface area (Å²) in [4.78, 5) is 6.42. The van der Waals surface area contributed by atoms with Gasteiger partial charge in [-0.1, -0.05) is 36.4 Å². The molecule has 2 N–H and O–H groups in total. The molecule has 0 fully saturated rings. The topological polar surface area (TPSA) is 42.1 Å². The Morgan fingerprint density at radius 3 is 2.56 bits per heavy atom. The van der Waals surface area contributed by atoms with Crippen LogP contribution < -0.4 is 5.73 Å². The largest absolute Gasteiger partial charge is 0.329 e. The van der Waals surface area contributed by atoms with E-state index in [1.54, 1.807) is 6.20 Å². The third-order valence-electron chi connectivity index (χ3n) is 3.10. The molecular weight excluding hydrogens is 222 g/mol. The predicted molar refractivity (Wildman–Crippen MR) is 73.9 cm³/mol. The van der Waals surface area contributed by atoms with E-state index in [0.29, 0.717) is 6.54 Å². The van der Waals surface area contributed by atoms with E-state index in [0.717, 1.165) is 6.54 Å². The Kier molecular flexibility index (Phi) is 4.45. The lowest BCUT2D eigenvalue weighted by atomic mass is 10.1. The first-order valence-electron chi connectivity index (χ1n) is 6.15. The summed E-state index contributed by atoms with van der Waals surface area (Å²) in [6, 6.07) is 14.7. The summed E-state index contributed by atoms with van der Waals surface area (Å²) in [7, 11) is 2.09. The molecule has 0 aliphatic carbocycles. The van der Waals surface area contributed by atoms with E-state index in [4.69, 9.17) is 5.73 Å². The smallest absolute Gasteiger partial charge is 0.0486 e. The molecule has 3 heteroatoms. The minimum Gasteiger partial charge on any atom is -0.329 e. The summed E-state index contributed by atoms with van der Waals surface area (Å²) < 4.78 is 0. The van der Waals surface area contributed by atoms with Gasteiger partial charge < -0.3 is 5.73 Å². The zero-order valence-electron chi connectivity index (χ0n) is 10.7. The second-order valence-electron chi connectivity index (χ2n) is 4.44. The number of hydrogen-bond acceptors (Lipinski definition) is 3. The normalized spacial score (nSPS) is 12.6. The molecule has 0 saturated heterocycles. The molecule has 3 nitrogen and oxygen atoms in total. The van der Waals surface area contributed by atoms with Crippen LogP contribution >= 0.6 is 0 Å². The molecule has 0 bridgehead atoms. The second kappa shape index (κ2) is 6.28. The van der Waals surface area contributed by atoms with Crippen molar-refractivity contribution in [1.29, 1.82) is 0 Å². The number of nitrogens with two attached hydrogens (primary N) is 1. The molecule has 1 atom stereocenters. The Morgan fingerprint density at radius 2 is 1.94 bits per heavy atom. The van der Waals surface area contributed by atoms with Gasteiger partial charge in [-0.25, -0.2) is 0 Å². The highest BCUT2D eigenvalue weighted by molar-refractivity contribution is 5.17. The third kappa shape index (κ3) is 3.15. The molecule has 18 heavy (non-hydrogen) atoms. The van der Waals surface area contributed by atoms with Crippen LogP contribution in [0, 0.1) is 0 Å². The highest BCUT2D eigenvalue weighted by atomic mass is 15.1. The molecule has 1 aromatic heterocycles. The van der Waals surface area contributed by atoms with Crippen LogP contribution in [0.1, 0.15) is 17.2 Å². The van der Waals surface area contributed by atoms with Gasteiger partial charge in [-0.2, -0.15) is 0 Å². The van der Waals surface area contributed by atoms with Crippen molar-refractivity contribution >= 4 is 0 Å². The van der Waals surface area contributed by atoms with Crippen molar-refractivity contribution in [2.75, 3.05) is 13.6 Å². The number of likely N-dealkylation sites (N-methyl/N-ethyl adjacent to an activating group) is 1. The lowest BCUT2D eigenvalue weighted by Crippen LogP contribution is -2.30. The number of pyridine rings is 1.